The average Bonchev–Trinajstić information content (AvgIpc) is 2.39. The first kappa shape index (κ1) is 12.7. The molecule has 1 aliphatic carbocycles. The Kier molecular flexibility index (Phi) is 2.90. The van der Waals surface area contributed by atoms with Gasteiger partial charge in [0.2, 0.25) is 0 Å². The van der Waals surface area contributed by atoms with Gasteiger partial charge in [-0.25, -0.2) is 8.42 Å². The van der Waals surface area contributed by atoms with E-state index in [1.807, 2.05) is 19.9 Å². The molecule has 1 aromatic carbocycles. The van der Waals surface area contributed by atoms with Crippen molar-refractivity contribution in [2.75, 3.05) is 5.75 Å². The first-order valence-corrected chi connectivity index (χ1v) is 8.43. The van der Waals surface area contributed by atoms with Crippen LogP contribution in [0.15, 0.2) is 42.0 Å². The summed E-state index contributed by atoms with van der Waals surface area (Å²) in [7, 11) is -3.02. The van der Waals surface area contributed by atoms with Gasteiger partial charge in [0.25, 0.3) is 0 Å². The van der Waals surface area contributed by atoms with Gasteiger partial charge in [0.05, 0.1) is 11.5 Å². The molecule has 0 bridgehead atoms. The molecule has 0 spiro atoms. The Morgan fingerprint density at radius 1 is 1.21 bits per heavy atom. The van der Waals surface area contributed by atoms with E-state index in [9.17, 15) is 8.42 Å². The largest absolute Gasteiger partial charge is 0.228 e. The van der Waals surface area contributed by atoms with Crippen LogP contribution >= 0.6 is 0 Å². The number of hydrogen-bond donors (Lipinski definition) is 0. The maximum atomic E-state index is 12.3. The van der Waals surface area contributed by atoms with Crippen LogP contribution in [-0.4, -0.2) is 14.2 Å². The van der Waals surface area contributed by atoms with Gasteiger partial charge in [-0.15, -0.1) is 0 Å². The highest BCUT2D eigenvalue weighted by Gasteiger charge is 2.32. The Morgan fingerprint density at radius 2 is 2.00 bits per heavy atom. The molecule has 0 saturated heterocycles. The first-order chi connectivity index (χ1) is 8.94. The lowest BCUT2D eigenvalue weighted by atomic mass is 9.80. The van der Waals surface area contributed by atoms with Crippen LogP contribution in [0.3, 0.4) is 0 Å². The van der Waals surface area contributed by atoms with Crippen LogP contribution in [0.5, 0.6) is 0 Å². The van der Waals surface area contributed by atoms with Crippen molar-refractivity contribution in [3.05, 3.63) is 58.7 Å². The normalized spacial score (nSPS) is 28.0. The number of hydrogen-bond acceptors (Lipinski definition) is 2. The van der Waals surface area contributed by atoms with E-state index in [-0.39, 0.29) is 23.3 Å². The van der Waals surface area contributed by atoms with Gasteiger partial charge in [0.15, 0.2) is 9.84 Å². The number of benzene rings is 1. The van der Waals surface area contributed by atoms with Crippen LogP contribution in [0, 0.1) is 12.8 Å². The molecule has 0 fully saturated rings. The Hall–Kier alpha value is -1.35. The zero-order chi connectivity index (χ0) is 13.6. The van der Waals surface area contributed by atoms with E-state index in [1.54, 1.807) is 0 Å². The monoisotopic (exact) mass is 274 g/mol. The van der Waals surface area contributed by atoms with Crippen molar-refractivity contribution in [1.82, 2.24) is 0 Å². The smallest absolute Gasteiger partial charge is 0.155 e. The van der Waals surface area contributed by atoms with E-state index < -0.39 is 9.84 Å². The highest BCUT2D eigenvalue weighted by atomic mass is 32.2. The number of allylic oxidation sites excluding steroid dienone is 4. The average molecular weight is 274 g/mol. The van der Waals surface area contributed by atoms with Crippen LogP contribution in [-0.2, 0) is 15.6 Å². The van der Waals surface area contributed by atoms with Crippen molar-refractivity contribution in [2.24, 2.45) is 5.92 Å². The first-order valence-electron chi connectivity index (χ1n) is 6.61. The number of sulfone groups is 1. The summed E-state index contributed by atoms with van der Waals surface area (Å²) in [6.07, 6.45) is 6.37. The summed E-state index contributed by atoms with van der Waals surface area (Å²) in [6.45, 7) is 4.04. The third-order valence-electron chi connectivity index (χ3n) is 3.98. The summed E-state index contributed by atoms with van der Waals surface area (Å²) >= 11 is 0. The van der Waals surface area contributed by atoms with Crippen molar-refractivity contribution in [2.45, 2.75) is 25.5 Å². The van der Waals surface area contributed by atoms with E-state index >= 15 is 0 Å². The maximum absolute atomic E-state index is 12.3. The molecule has 19 heavy (non-hydrogen) atoms. The predicted molar refractivity (Wildman–Crippen MR) is 77.8 cm³/mol. The summed E-state index contributed by atoms with van der Waals surface area (Å²) in [5.41, 5.74) is 4.44. The third kappa shape index (κ3) is 2.39. The van der Waals surface area contributed by atoms with Gasteiger partial charge in [0.1, 0.15) is 0 Å². The van der Waals surface area contributed by atoms with Gasteiger partial charge in [-0.2, -0.15) is 0 Å². The van der Waals surface area contributed by atoms with Crippen molar-refractivity contribution < 1.29 is 8.42 Å². The summed E-state index contributed by atoms with van der Waals surface area (Å²) in [5, 5.41) is 0. The molecule has 2 atom stereocenters. The molecular weight excluding hydrogens is 256 g/mol. The summed E-state index contributed by atoms with van der Waals surface area (Å²) in [4.78, 5) is 0. The summed E-state index contributed by atoms with van der Waals surface area (Å²) < 4.78 is 24.5. The van der Waals surface area contributed by atoms with Crippen molar-refractivity contribution in [1.29, 1.82) is 0 Å². The molecule has 1 aliphatic heterocycles. The van der Waals surface area contributed by atoms with Crippen molar-refractivity contribution in [3.63, 3.8) is 0 Å². The van der Waals surface area contributed by atoms with Crippen LogP contribution in [0.25, 0.3) is 0 Å². The quantitative estimate of drug-likeness (QED) is 0.728. The van der Waals surface area contributed by atoms with Gasteiger partial charge >= 0.3 is 0 Å². The van der Waals surface area contributed by atoms with Gasteiger partial charge in [-0.1, -0.05) is 47.6 Å². The van der Waals surface area contributed by atoms with Gasteiger partial charge in [0, 0.05) is 11.8 Å². The van der Waals surface area contributed by atoms with Gasteiger partial charge < -0.3 is 0 Å². The molecule has 0 radical (unpaired) electrons. The molecule has 3 rings (SSSR count). The Bertz CT molecular complexity index is 681. The Labute approximate surface area is 114 Å². The van der Waals surface area contributed by atoms with E-state index in [0.29, 0.717) is 0 Å². The molecule has 0 amide bonds. The van der Waals surface area contributed by atoms with Crippen molar-refractivity contribution in [3.8, 4) is 0 Å². The highest BCUT2D eigenvalue weighted by Crippen LogP contribution is 2.38. The minimum Gasteiger partial charge on any atom is -0.228 e. The van der Waals surface area contributed by atoms with E-state index in [1.165, 1.54) is 5.56 Å². The Morgan fingerprint density at radius 3 is 2.79 bits per heavy atom. The fourth-order valence-electron chi connectivity index (χ4n) is 3.15. The number of rotatable bonds is 0. The molecule has 0 N–H and O–H groups in total. The van der Waals surface area contributed by atoms with E-state index in [0.717, 1.165) is 16.7 Å². The molecule has 2 aliphatic rings. The van der Waals surface area contributed by atoms with Crippen LogP contribution in [0.2, 0.25) is 0 Å². The lowest BCUT2D eigenvalue weighted by Gasteiger charge is -2.24. The fourth-order valence-corrected chi connectivity index (χ4v) is 4.89. The maximum Gasteiger partial charge on any atom is 0.155 e. The van der Waals surface area contributed by atoms with Crippen LogP contribution in [0.4, 0.5) is 0 Å². The van der Waals surface area contributed by atoms with Gasteiger partial charge in [-0.3, -0.25) is 0 Å². The zero-order valence-electron chi connectivity index (χ0n) is 11.3. The Balaban J connectivity index is 2.18. The molecule has 0 saturated carbocycles. The van der Waals surface area contributed by atoms with E-state index in [2.05, 4.69) is 30.4 Å². The summed E-state index contributed by atoms with van der Waals surface area (Å²) in [6, 6.07) is 6.20. The molecule has 3 heteroatoms. The van der Waals surface area contributed by atoms with Crippen LogP contribution < -0.4 is 0 Å². The molecule has 100 valence electrons. The second kappa shape index (κ2) is 4.34. The van der Waals surface area contributed by atoms with E-state index in [4.69, 9.17) is 0 Å². The molecular formula is C16H18O2S. The fraction of sp³-hybridized carbons (Fsp3) is 0.375. The van der Waals surface area contributed by atoms with Gasteiger partial charge in [-0.05, 0) is 25.0 Å². The molecule has 0 aromatic heterocycles. The van der Waals surface area contributed by atoms with Crippen molar-refractivity contribution >= 4 is 9.84 Å². The number of fused-ring (bicyclic) bond motifs is 3. The SMILES string of the molecule is CC1=CC2CS(=O)(=O)Cc3cc(C)ccc3C2C=C1. The van der Waals surface area contributed by atoms with Crippen LogP contribution in [0.1, 0.15) is 29.5 Å². The minimum absolute atomic E-state index is 0.0824. The molecule has 1 heterocycles. The third-order valence-corrected chi connectivity index (χ3v) is 5.63. The predicted octanol–water partition coefficient (Wildman–Crippen LogP) is 3.14. The standard InChI is InChI=1S/C16H18O2S/c1-11-3-5-15-13(7-11)9-19(17,18)10-14-8-12(2)4-6-16(14)15/h3-8,13,15H,9-10H2,1-2H3. The lowest BCUT2D eigenvalue weighted by molar-refractivity contribution is 0.574. The second-order valence-corrected chi connectivity index (χ2v) is 7.83. The molecule has 2 unspecified atom stereocenters. The number of aryl methyl sites for hydroxylation is 1. The molecule has 2 nitrogen and oxygen atoms in total. The lowest BCUT2D eigenvalue weighted by Crippen LogP contribution is -2.19. The molecule has 1 aromatic rings. The summed E-state index contributed by atoms with van der Waals surface area (Å²) in [5.74, 6) is 0.723. The second-order valence-electron chi connectivity index (χ2n) is 5.72. The topological polar surface area (TPSA) is 34.1 Å². The minimum atomic E-state index is -3.02. The highest BCUT2D eigenvalue weighted by molar-refractivity contribution is 7.90. The zero-order valence-corrected chi connectivity index (χ0v) is 12.1.